The van der Waals surface area contributed by atoms with Crippen LogP contribution < -0.4 is 0 Å². The number of rotatable bonds is 5. The summed E-state index contributed by atoms with van der Waals surface area (Å²) in [6, 6.07) is 18.0. The summed E-state index contributed by atoms with van der Waals surface area (Å²) in [4.78, 5) is 33.5. The van der Waals surface area contributed by atoms with Gasteiger partial charge in [0.1, 0.15) is 6.10 Å². The average molecular weight is 418 g/mol. The Balaban J connectivity index is 1.32. The number of fused-ring (bicyclic) bond motifs is 1. The summed E-state index contributed by atoms with van der Waals surface area (Å²) in [5.41, 5.74) is 3.60. The van der Waals surface area contributed by atoms with E-state index in [1.165, 1.54) is 0 Å². The molecular weight excluding hydrogens is 390 g/mol. The number of piperazine rings is 1. The first-order valence-corrected chi connectivity index (χ1v) is 11.0. The minimum absolute atomic E-state index is 0.103. The van der Waals surface area contributed by atoms with Crippen LogP contribution in [0.1, 0.15) is 23.2 Å². The standard InChI is InChI=1S/C25H27N3O3/c29-21(17-27-12-14-28(15-13-27)25(30)22-11-6-16-31-22)23-19-9-4-5-10-20(19)26-24(23)18-7-2-1-3-8-18/h1-5,7-10,22,26H,6,11-17H2. The zero-order chi connectivity index (χ0) is 21.2. The number of Topliss-reactive ketones (excluding diaryl/α,β-unsaturated/α-hetero) is 1. The van der Waals surface area contributed by atoms with E-state index in [9.17, 15) is 9.59 Å². The van der Waals surface area contributed by atoms with E-state index in [1.54, 1.807) is 0 Å². The van der Waals surface area contributed by atoms with Crippen LogP contribution in [0, 0.1) is 0 Å². The number of aromatic nitrogens is 1. The number of aromatic amines is 1. The average Bonchev–Trinajstić information content (AvgIpc) is 3.48. The molecule has 3 aromatic rings. The third kappa shape index (κ3) is 4.01. The Morgan fingerprint density at radius 2 is 1.71 bits per heavy atom. The first kappa shape index (κ1) is 20.0. The SMILES string of the molecule is O=C(CN1CCN(C(=O)C2CCCO2)CC1)c1c(-c2ccccc2)[nH]c2ccccc12. The van der Waals surface area contributed by atoms with E-state index in [2.05, 4.69) is 9.88 Å². The molecule has 0 saturated carbocycles. The predicted molar refractivity (Wildman–Crippen MR) is 120 cm³/mol. The van der Waals surface area contributed by atoms with Crippen molar-refractivity contribution in [1.29, 1.82) is 0 Å². The third-order valence-corrected chi connectivity index (χ3v) is 6.30. The number of para-hydroxylation sites is 1. The van der Waals surface area contributed by atoms with Gasteiger partial charge in [-0.3, -0.25) is 14.5 Å². The maximum atomic E-state index is 13.4. The number of carbonyl (C=O) groups excluding carboxylic acids is 2. The van der Waals surface area contributed by atoms with Gasteiger partial charge in [-0.25, -0.2) is 0 Å². The zero-order valence-corrected chi connectivity index (χ0v) is 17.5. The Morgan fingerprint density at radius 3 is 2.45 bits per heavy atom. The van der Waals surface area contributed by atoms with E-state index in [4.69, 9.17) is 4.74 Å². The third-order valence-electron chi connectivity index (χ3n) is 6.30. The maximum Gasteiger partial charge on any atom is 0.251 e. The first-order chi connectivity index (χ1) is 15.2. The highest BCUT2D eigenvalue weighted by atomic mass is 16.5. The number of ether oxygens (including phenoxy) is 1. The lowest BCUT2D eigenvalue weighted by Gasteiger charge is -2.35. The van der Waals surface area contributed by atoms with Crippen molar-refractivity contribution in [2.24, 2.45) is 0 Å². The molecule has 1 aromatic heterocycles. The molecule has 1 atom stereocenters. The minimum atomic E-state index is -0.271. The predicted octanol–water partition coefficient (Wildman–Crippen LogP) is 3.34. The van der Waals surface area contributed by atoms with Crippen LogP contribution >= 0.6 is 0 Å². The highest BCUT2D eigenvalue weighted by Gasteiger charge is 2.31. The molecule has 2 aliphatic rings. The molecule has 2 aliphatic heterocycles. The van der Waals surface area contributed by atoms with Crippen LogP contribution in [-0.2, 0) is 9.53 Å². The highest BCUT2D eigenvalue weighted by molar-refractivity contribution is 6.14. The summed E-state index contributed by atoms with van der Waals surface area (Å²) < 4.78 is 5.54. The van der Waals surface area contributed by atoms with E-state index < -0.39 is 0 Å². The van der Waals surface area contributed by atoms with Crippen molar-refractivity contribution in [3.8, 4) is 11.3 Å². The maximum absolute atomic E-state index is 13.4. The van der Waals surface area contributed by atoms with Crippen molar-refractivity contribution in [3.05, 3.63) is 60.2 Å². The number of nitrogens with zero attached hydrogens (tertiary/aromatic N) is 2. The molecule has 6 nitrogen and oxygen atoms in total. The van der Waals surface area contributed by atoms with E-state index in [0.717, 1.165) is 40.6 Å². The van der Waals surface area contributed by atoms with E-state index in [1.807, 2.05) is 59.5 Å². The van der Waals surface area contributed by atoms with Crippen molar-refractivity contribution in [2.45, 2.75) is 18.9 Å². The van der Waals surface area contributed by atoms with Crippen LogP contribution in [0.25, 0.3) is 22.2 Å². The fourth-order valence-corrected chi connectivity index (χ4v) is 4.64. The summed E-state index contributed by atoms with van der Waals surface area (Å²) in [5.74, 6) is 0.210. The molecule has 0 radical (unpaired) electrons. The van der Waals surface area contributed by atoms with Gasteiger partial charge in [0.15, 0.2) is 5.78 Å². The van der Waals surface area contributed by atoms with Crippen molar-refractivity contribution >= 4 is 22.6 Å². The fourth-order valence-electron chi connectivity index (χ4n) is 4.64. The zero-order valence-electron chi connectivity index (χ0n) is 17.5. The molecule has 1 amide bonds. The molecule has 6 heteroatoms. The summed E-state index contributed by atoms with van der Waals surface area (Å²) >= 11 is 0. The number of hydrogen-bond donors (Lipinski definition) is 1. The van der Waals surface area contributed by atoms with E-state index >= 15 is 0 Å². The van der Waals surface area contributed by atoms with Crippen LogP contribution in [0.2, 0.25) is 0 Å². The molecule has 5 rings (SSSR count). The smallest absolute Gasteiger partial charge is 0.251 e. The van der Waals surface area contributed by atoms with E-state index in [0.29, 0.717) is 39.3 Å². The Morgan fingerprint density at radius 1 is 0.968 bits per heavy atom. The molecule has 2 aromatic carbocycles. The van der Waals surface area contributed by atoms with Gasteiger partial charge < -0.3 is 14.6 Å². The lowest BCUT2D eigenvalue weighted by atomic mass is 10.0. The minimum Gasteiger partial charge on any atom is -0.368 e. The summed E-state index contributed by atoms with van der Waals surface area (Å²) in [7, 11) is 0. The van der Waals surface area contributed by atoms with Crippen molar-refractivity contribution in [1.82, 2.24) is 14.8 Å². The Kier molecular flexibility index (Phi) is 5.57. The number of hydrogen-bond acceptors (Lipinski definition) is 4. The van der Waals surface area contributed by atoms with Crippen LogP contribution in [-0.4, -0.2) is 71.9 Å². The van der Waals surface area contributed by atoms with Gasteiger partial charge in [-0.1, -0.05) is 48.5 Å². The van der Waals surface area contributed by atoms with Crippen LogP contribution in [0.15, 0.2) is 54.6 Å². The largest absolute Gasteiger partial charge is 0.368 e. The van der Waals surface area contributed by atoms with Gasteiger partial charge in [-0.15, -0.1) is 0 Å². The van der Waals surface area contributed by atoms with Gasteiger partial charge in [-0.2, -0.15) is 0 Å². The second-order valence-electron chi connectivity index (χ2n) is 8.31. The van der Waals surface area contributed by atoms with Crippen molar-refractivity contribution in [2.75, 3.05) is 39.3 Å². The molecule has 0 aliphatic carbocycles. The molecule has 31 heavy (non-hydrogen) atoms. The molecule has 0 spiro atoms. The molecule has 2 saturated heterocycles. The fraction of sp³-hybridized carbons (Fsp3) is 0.360. The molecule has 160 valence electrons. The second kappa shape index (κ2) is 8.65. The monoisotopic (exact) mass is 417 g/mol. The Labute approximate surface area is 181 Å². The number of amides is 1. The van der Waals surface area contributed by atoms with Gasteiger partial charge >= 0.3 is 0 Å². The molecular formula is C25H27N3O3. The Bertz CT molecular complexity index is 1080. The van der Waals surface area contributed by atoms with Crippen molar-refractivity contribution < 1.29 is 14.3 Å². The van der Waals surface area contributed by atoms with Crippen LogP contribution in [0.3, 0.4) is 0 Å². The number of benzene rings is 2. The quantitative estimate of drug-likeness (QED) is 0.647. The van der Waals surface area contributed by atoms with E-state index in [-0.39, 0.29) is 17.8 Å². The van der Waals surface area contributed by atoms with Gasteiger partial charge in [0.2, 0.25) is 0 Å². The molecule has 2 fully saturated rings. The molecule has 1 N–H and O–H groups in total. The van der Waals surface area contributed by atoms with Crippen LogP contribution in [0.5, 0.6) is 0 Å². The van der Waals surface area contributed by atoms with Gasteiger partial charge in [-0.05, 0) is 24.5 Å². The van der Waals surface area contributed by atoms with Gasteiger partial charge in [0.05, 0.1) is 17.8 Å². The summed E-state index contributed by atoms with van der Waals surface area (Å²) in [5, 5.41) is 0.957. The Hall–Kier alpha value is -2.96. The first-order valence-electron chi connectivity index (χ1n) is 11.0. The summed E-state index contributed by atoms with van der Waals surface area (Å²) in [6.07, 6.45) is 1.51. The molecule has 0 bridgehead atoms. The summed E-state index contributed by atoms with van der Waals surface area (Å²) in [6.45, 7) is 3.72. The number of ketones is 1. The number of nitrogens with one attached hydrogen (secondary N) is 1. The number of H-pyrrole nitrogens is 1. The second-order valence-corrected chi connectivity index (χ2v) is 8.31. The van der Waals surface area contributed by atoms with Crippen molar-refractivity contribution in [3.63, 3.8) is 0 Å². The normalized spacial score (nSPS) is 19.7. The molecule has 1 unspecified atom stereocenters. The lowest BCUT2D eigenvalue weighted by Crippen LogP contribution is -2.52. The highest BCUT2D eigenvalue weighted by Crippen LogP contribution is 2.31. The lowest BCUT2D eigenvalue weighted by molar-refractivity contribution is -0.142. The van der Waals surface area contributed by atoms with Gasteiger partial charge in [0.25, 0.3) is 5.91 Å². The number of carbonyl (C=O) groups is 2. The molecule has 3 heterocycles. The van der Waals surface area contributed by atoms with Gasteiger partial charge in [0, 0.05) is 43.7 Å². The van der Waals surface area contributed by atoms with Crippen LogP contribution in [0.4, 0.5) is 0 Å². The topological polar surface area (TPSA) is 65.6 Å².